The normalized spacial score (nSPS) is 19.1. The van der Waals surface area contributed by atoms with E-state index in [0.29, 0.717) is 6.04 Å². The molecule has 1 aliphatic rings. The standard InChI is InChI=1S/C18H18BrN3/c1-22-8-2-3-17(22)18-20-11-16(21-18)14-5-4-13-10-15(19)7-6-12(13)9-14/h4-7,9-11,17H,2-3,8H2,1H3,(H,20,21)/t17-/m0/s1. The second-order valence-electron chi connectivity index (χ2n) is 6.03. The number of nitrogens with zero attached hydrogens (tertiary/aromatic N) is 2. The van der Waals surface area contributed by atoms with E-state index in [-0.39, 0.29) is 0 Å². The highest BCUT2D eigenvalue weighted by Crippen LogP contribution is 2.31. The lowest BCUT2D eigenvalue weighted by atomic mass is 10.1. The Morgan fingerprint density at radius 2 is 2.00 bits per heavy atom. The smallest absolute Gasteiger partial charge is 0.123 e. The van der Waals surface area contributed by atoms with Crippen LogP contribution in [-0.4, -0.2) is 28.5 Å². The molecule has 1 N–H and O–H groups in total. The molecule has 0 spiro atoms. The quantitative estimate of drug-likeness (QED) is 0.718. The molecule has 0 saturated carbocycles. The molecule has 0 aliphatic carbocycles. The summed E-state index contributed by atoms with van der Waals surface area (Å²) in [4.78, 5) is 10.5. The molecule has 2 heterocycles. The van der Waals surface area contributed by atoms with Crippen LogP contribution in [0, 0.1) is 0 Å². The Morgan fingerprint density at radius 3 is 2.82 bits per heavy atom. The first-order valence-corrected chi connectivity index (χ1v) is 8.45. The summed E-state index contributed by atoms with van der Waals surface area (Å²) < 4.78 is 1.11. The number of aromatic nitrogens is 2. The molecule has 1 fully saturated rings. The molecule has 1 saturated heterocycles. The Morgan fingerprint density at radius 1 is 1.18 bits per heavy atom. The molecule has 0 bridgehead atoms. The first kappa shape index (κ1) is 14.0. The van der Waals surface area contributed by atoms with Gasteiger partial charge in [0.25, 0.3) is 0 Å². The molecule has 1 atom stereocenters. The molecule has 0 radical (unpaired) electrons. The van der Waals surface area contributed by atoms with Crippen LogP contribution in [0.5, 0.6) is 0 Å². The topological polar surface area (TPSA) is 31.9 Å². The van der Waals surface area contributed by atoms with Crippen LogP contribution in [-0.2, 0) is 0 Å². The molecule has 0 amide bonds. The number of benzene rings is 2. The zero-order chi connectivity index (χ0) is 15.1. The van der Waals surface area contributed by atoms with Crippen LogP contribution in [0.3, 0.4) is 0 Å². The van der Waals surface area contributed by atoms with Gasteiger partial charge in [0.05, 0.1) is 17.9 Å². The molecule has 3 aromatic rings. The van der Waals surface area contributed by atoms with Crippen molar-refractivity contribution in [2.24, 2.45) is 0 Å². The van der Waals surface area contributed by atoms with Gasteiger partial charge < -0.3 is 4.98 Å². The van der Waals surface area contributed by atoms with Gasteiger partial charge in [-0.15, -0.1) is 0 Å². The van der Waals surface area contributed by atoms with Crippen molar-refractivity contribution in [3.8, 4) is 11.3 Å². The summed E-state index contributed by atoms with van der Waals surface area (Å²) in [5, 5.41) is 2.49. The van der Waals surface area contributed by atoms with Crippen molar-refractivity contribution in [3.63, 3.8) is 0 Å². The molecule has 3 nitrogen and oxygen atoms in total. The number of rotatable bonds is 2. The fourth-order valence-corrected chi connectivity index (χ4v) is 3.67. The van der Waals surface area contributed by atoms with Gasteiger partial charge in [-0.2, -0.15) is 0 Å². The van der Waals surface area contributed by atoms with Crippen molar-refractivity contribution in [2.45, 2.75) is 18.9 Å². The monoisotopic (exact) mass is 355 g/mol. The molecular formula is C18H18BrN3. The van der Waals surface area contributed by atoms with Gasteiger partial charge in [-0.25, -0.2) is 4.98 Å². The van der Waals surface area contributed by atoms with Crippen molar-refractivity contribution < 1.29 is 0 Å². The maximum absolute atomic E-state index is 4.61. The highest BCUT2D eigenvalue weighted by Gasteiger charge is 2.25. The molecular weight excluding hydrogens is 338 g/mol. The molecule has 4 heteroatoms. The third kappa shape index (κ3) is 2.46. The average molecular weight is 356 g/mol. The van der Waals surface area contributed by atoms with Gasteiger partial charge in [-0.1, -0.05) is 34.1 Å². The van der Waals surface area contributed by atoms with Crippen LogP contribution >= 0.6 is 15.9 Å². The summed E-state index contributed by atoms with van der Waals surface area (Å²) in [6.07, 6.45) is 4.40. The zero-order valence-corrected chi connectivity index (χ0v) is 14.1. The van der Waals surface area contributed by atoms with Crippen molar-refractivity contribution in [3.05, 3.63) is 52.9 Å². The summed E-state index contributed by atoms with van der Waals surface area (Å²) in [5.41, 5.74) is 2.29. The van der Waals surface area contributed by atoms with E-state index in [1.54, 1.807) is 0 Å². The van der Waals surface area contributed by atoms with E-state index in [1.165, 1.54) is 29.2 Å². The average Bonchev–Trinajstić information content (AvgIpc) is 3.15. The SMILES string of the molecule is CN1CCC[C@H]1c1ncc(-c2ccc3cc(Br)ccc3c2)[nH]1. The Bertz CT molecular complexity index is 824. The van der Waals surface area contributed by atoms with Crippen LogP contribution in [0.15, 0.2) is 47.1 Å². The van der Waals surface area contributed by atoms with E-state index >= 15 is 0 Å². The fourth-order valence-electron chi connectivity index (χ4n) is 3.29. The minimum Gasteiger partial charge on any atom is -0.341 e. The molecule has 1 aliphatic heterocycles. The minimum absolute atomic E-state index is 0.435. The van der Waals surface area contributed by atoms with Crippen LogP contribution < -0.4 is 0 Å². The van der Waals surface area contributed by atoms with Gasteiger partial charge in [0.1, 0.15) is 5.82 Å². The third-order valence-corrected chi connectivity index (χ3v) is 5.04. The highest BCUT2D eigenvalue weighted by molar-refractivity contribution is 9.10. The van der Waals surface area contributed by atoms with E-state index in [2.05, 4.69) is 74.2 Å². The van der Waals surface area contributed by atoms with Gasteiger partial charge in [0.2, 0.25) is 0 Å². The summed E-state index contributed by atoms with van der Waals surface area (Å²) in [5.74, 6) is 1.09. The molecule has 1 aromatic heterocycles. The van der Waals surface area contributed by atoms with E-state index in [9.17, 15) is 0 Å². The number of likely N-dealkylation sites (tertiary alicyclic amines) is 1. The van der Waals surface area contributed by atoms with Crippen molar-refractivity contribution in [2.75, 3.05) is 13.6 Å². The summed E-state index contributed by atoms with van der Waals surface area (Å²) in [7, 11) is 2.17. The lowest BCUT2D eigenvalue weighted by molar-refractivity contribution is 0.307. The van der Waals surface area contributed by atoms with Gasteiger partial charge in [-0.05, 0) is 55.4 Å². The van der Waals surface area contributed by atoms with E-state index in [1.807, 2.05) is 6.20 Å². The second kappa shape index (κ2) is 5.52. The van der Waals surface area contributed by atoms with E-state index in [4.69, 9.17) is 0 Å². The van der Waals surface area contributed by atoms with Crippen molar-refractivity contribution in [1.29, 1.82) is 0 Å². The maximum atomic E-state index is 4.61. The lowest BCUT2D eigenvalue weighted by Crippen LogP contribution is -2.18. The molecule has 4 rings (SSSR count). The van der Waals surface area contributed by atoms with Gasteiger partial charge in [-0.3, -0.25) is 4.90 Å². The first-order chi connectivity index (χ1) is 10.7. The highest BCUT2D eigenvalue weighted by atomic mass is 79.9. The summed E-state index contributed by atoms with van der Waals surface area (Å²) in [6.45, 7) is 1.16. The second-order valence-corrected chi connectivity index (χ2v) is 6.94. The fraction of sp³-hybridized carbons (Fsp3) is 0.278. The third-order valence-electron chi connectivity index (χ3n) is 4.54. The number of hydrogen-bond acceptors (Lipinski definition) is 2. The number of hydrogen-bond donors (Lipinski definition) is 1. The van der Waals surface area contributed by atoms with Crippen LogP contribution in [0.4, 0.5) is 0 Å². The van der Waals surface area contributed by atoms with Gasteiger partial charge >= 0.3 is 0 Å². The Labute approximate surface area is 138 Å². The van der Waals surface area contributed by atoms with Crippen LogP contribution in [0.2, 0.25) is 0 Å². The van der Waals surface area contributed by atoms with Crippen molar-refractivity contribution >= 4 is 26.7 Å². The van der Waals surface area contributed by atoms with E-state index in [0.717, 1.165) is 22.5 Å². The zero-order valence-electron chi connectivity index (χ0n) is 12.5. The number of nitrogens with one attached hydrogen (secondary N) is 1. The summed E-state index contributed by atoms with van der Waals surface area (Å²) in [6, 6.07) is 13.3. The van der Waals surface area contributed by atoms with Crippen LogP contribution in [0.25, 0.3) is 22.0 Å². The van der Waals surface area contributed by atoms with Crippen LogP contribution in [0.1, 0.15) is 24.7 Å². The number of imidazole rings is 1. The number of halogens is 1. The minimum atomic E-state index is 0.435. The van der Waals surface area contributed by atoms with Gasteiger partial charge in [0.15, 0.2) is 0 Å². The largest absolute Gasteiger partial charge is 0.341 e. The summed E-state index contributed by atoms with van der Waals surface area (Å²) >= 11 is 3.52. The number of aromatic amines is 1. The van der Waals surface area contributed by atoms with E-state index < -0.39 is 0 Å². The first-order valence-electron chi connectivity index (χ1n) is 7.65. The molecule has 22 heavy (non-hydrogen) atoms. The Kier molecular flexibility index (Phi) is 3.51. The predicted molar refractivity (Wildman–Crippen MR) is 93.8 cm³/mol. The Balaban J connectivity index is 1.70. The van der Waals surface area contributed by atoms with Crippen molar-refractivity contribution in [1.82, 2.24) is 14.9 Å². The molecule has 0 unspecified atom stereocenters. The predicted octanol–water partition coefficient (Wildman–Crippen LogP) is 4.76. The Hall–Kier alpha value is -1.65. The molecule has 112 valence electrons. The lowest BCUT2D eigenvalue weighted by Gasteiger charge is -2.16. The molecule has 2 aromatic carbocycles. The number of fused-ring (bicyclic) bond motifs is 1. The maximum Gasteiger partial charge on any atom is 0.123 e. The number of H-pyrrole nitrogens is 1. The van der Waals surface area contributed by atoms with Gasteiger partial charge in [0, 0.05) is 10.0 Å².